The molecule has 3 rings (SSSR count). The van der Waals surface area contributed by atoms with Gasteiger partial charge in [0.25, 0.3) is 17.7 Å². The molecular weight excluding hydrogens is 773 g/mol. The molecule has 2 aromatic carbocycles. The number of halogens is 2. The Morgan fingerprint density at radius 3 is 1.91 bits per heavy atom. The van der Waals surface area contributed by atoms with Crippen molar-refractivity contribution in [3.05, 3.63) is 69.7 Å². The van der Waals surface area contributed by atoms with Crippen molar-refractivity contribution in [3.8, 4) is 5.75 Å². The first-order valence-electron chi connectivity index (χ1n) is 18.2. The molecule has 0 saturated heterocycles. The summed E-state index contributed by atoms with van der Waals surface area (Å²) in [5.41, 5.74) is 1.81. The summed E-state index contributed by atoms with van der Waals surface area (Å²) in [4.78, 5) is 71.4. The fourth-order valence-electron chi connectivity index (χ4n) is 5.08. The molecule has 16 nitrogen and oxygen atoms in total. The standard InChI is InChI=1S/C38H49Cl2N5O11/c1-27(23-28-3-5-29(6-4-28)43-26-46)44-38(51)37-31(39)24-30(25-32(37)40)56-14-2-11-41-34(48)10-15-52-17-19-54-21-22-55-20-18-53-16-12-42-33(47)9-13-45-35(49)7-8-36(45)50/h3-8,24-27H,2,9-23H2,1H3,(H,41,48)(H,42,47)(H,43,46)(H,44,51). The molecule has 1 unspecified atom stereocenters. The lowest BCUT2D eigenvalue weighted by Gasteiger charge is -2.16. The summed E-state index contributed by atoms with van der Waals surface area (Å²) in [6.07, 6.45) is 4.29. The Balaban J connectivity index is 1.11. The molecule has 56 heavy (non-hydrogen) atoms. The van der Waals surface area contributed by atoms with Crippen molar-refractivity contribution in [2.24, 2.45) is 0 Å². The van der Waals surface area contributed by atoms with Crippen molar-refractivity contribution in [1.82, 2.24) is 20.9 Å². The topological polar surface area (TPSA) is 200 Å². The van der Waals surface area contributed by atoms with Gasteiger partial charge < -0.3 is 45.0 Å². The van der Waals surface area contributed by atoms with E-state index < -0.39 is 17.7 Å². The van der Waals surface area contributed by atoms with E-state index in [9.17, 15) is 28.8 Å². The summed E-state index contributed by atoms with van der Waals surface area (Å²) in [6.45, 7) is 5.57. The van der Waals surface area contributed by atoms with Crippen LogP contribution in [0.25, 0.3) is 0 Å². The van der Waals surface area contributed by atoms with Crippen LogP contribution in [-0.4, -0.2) is 126 Å². The smallest absolute Gasteiger partial charge is 0.254 e. The van der Waals surface area contributed by atoms with Gasteiger partial charge in [-0.2, -0.15) is 0 Å². The van der Waals surface area contributed by atoms with Gasteiger partial charge in [0.05, 0.1) is 75.1 Å². The molecule has 6 amide bonds. The monoisotopic (exact) mass is 821 g/mol. The Bertz CT molecular complexity index is 1590. The maximum Gasteiger partial charge on any atom is 0.254 e. The minimum atomic E-state index is -0.414. The van der Waals surface area contributed by atoms with Crippen LogP contribution in [0.2, 0.25) is 10.0 Å². The first kappa shape index (κ1) is 45.8. The number of amides is 6. The van der Waals surface area contributed by atoms with Gasteiger partial charge in [-0.05, 0) is 49.6 Å². The molecular formula is C38H49Cl2N5O11. The number of carbonyl (C=O) groups is 6. The molecule has 4 N–H and O–H groups in total. The Labute approximate surface area is 335 Å². The van der Waals surface area contributed by atoms with Crippen LogP contribution in [0, 0.1) is 0 Å². The van der Waals surface area contributed by atoms with Gasteiger partial charge in [-0.15, -0.1) is 0 Å². The largest absolute Gasteiger partial charge is 0.493 e. The van der Waals surface area contributed by atoms with Crippen LogP contribution >= 0.6 is 23.2 Å². The van der Waals surface area contributed by atoms with Crippen LogP contribution in [0.3, 0.4) is 0 Å². The highest BCUT2D eigenvalue weighted by Crippen LogP contribution is 2.30. The van der Waals surface area contributed by atoms with Crippen LogP contribution in [0.4, 0.5) is 5.69 Å². The maximum absolute atomic E-state index is 12.9. The summed E-state index contributed by atoms with van der Waals surface area (Å²) < 4.78 is 27.4. The van der Waals surface area contributed by atoms with E-state index in [0.717, 1.165) is 10.5 Å². The van der Waals surface area contributed by atoms with Crippen molar-refractivity contribution >= 4 is 64.8 Å². The summed E-state index contributed by atoms with van der Waals surface area (Å²) in [7, 11) is 0. The number of rotatable bonds is 29. The van der Waals surface area contributed by atoms with Crippen molar-refractivity contribution in [3.63, 3.8) is 0 Å². The zero-order valence-electron chi connectivity index (χ0n) is 31.3. The summed E-state index contributed by atoms with van der Waals surface area (Å²) in [5.74, 6) is -1.27. The fraction of sp³-hybridized carbons (Fsp3) is 0.474. The summed E-state index contributed by atoms with van der Waals surface area (Å²) in [5, 5.41) is 11.3. The van der Waals surface area contributed by atoms with E-state index in [4.69, 9.17) is 46.9 Å². The van der Waals surface area contributed by atoms with Crippen molar-refractivity contribution in [2.75, 3.05) is 84.4 Å². The normalized spacial score (nSPS) is 12.7. The Kier molecular flexibility index (Phi) is 21.5. The quantitative estimate of drug-likeness (QED) is 0.0535. The lowest BCUT2D eigenvalue weighted by molar-refractivity contribution is -0.137. The zero-order chi connectivity index (χ0) is 40.5. The van der Waals surface area contributed by atoms with Crippen LogP contribution in [0.5, 0.6) is 5.75 Å². The average Bonchev–Trinajstić information content (AvgIpc) is 3.48. The third kappa shape index (κ3) is 17.9. The lowest BCUT2D eigenvalue weighted by atomic mass is 10.1. The van der Waals surface area contributed by atoms with Gasteiger partial charge in [0.15, 0.2) is 0 Å². The molecule has 0 bridgehead atoms. The number of benzene rings is 2. The van der Waals surface area contributed by atoms with Gasteiger partial charge in [-0.3, -0.25) is 33.7 Å². The summed E-state index contributed by atoms with van der Waals surface area (Å²) in [6, 6.07) is 10.1. The highest BCUT2D eigenvalue weighted by Gasteiger charge is 2.23. The van der Waals surface area contributed by atoms with Gasteiger partial charge in [-0.1, -0.05) is 35.3 Å². The molecule has 18 heteroatoms. The molecule has 0 saturated carbocycles. The van der Waals surface area contributed by atoms with E-state index in [1.165, 1.54) is 24.3 Å². The van der Waals surface area contributed by atoms with Crippen molar-refractivity contribution in [2.45, 2.75) is 38.6 Å². The van der Waals surface area contributed by atoms with Gasteiger partial charge in [0.2, 0.25) is 18.2 Å². The molecule has 0 aliphatic carbocycles. The van der Waals surface area contributed by atoms with Crippen LogP contribution in [0.15, 0.2) is 48.6 Å². The van der Waals surface area contributed by atoms with E-state index in [1.807, 2.05) is 19.1 Å². The molecule has 1 heterocycles. The first-order valence-corrected chi connectivity index (χ1v) is 18.9. The minimum Gasteiger partial charge on any atom is -0.493 e. The average molecular weight is 823 g/mol. The van der Waals surface area contributed by atoms with E-state index in [-0.39, 0.29) is 66.1 Å². The molecule has 0 fully saturated rings. The highest BCUT2D eigenvalue weighted by molar-refractivity contribution is 6.40. The predicted octanol–water partition coefficient (Wildman–Crippen LogP) is 2.70. The SMILES string of the molecule is CC(Cc1ccc(NC=O)cc1)NC(=O)c1c(Cl)cc(OCCCNC(=O)CCOCCOCCOCCOCCNC(=O)CCN2C(=O)C=CC2=O)cc1Cl. The Morgan fingerprint density at radius 1 is 0.750 bits per heavy atom. The summed E-state index contributed by atoms with van der Waals surface area (Å²) >= 11 is 12.8. The molecule has 0 spiro atoms. The molecule has 1 atom stereocenters. The Morgan fingerprint density at radius 2 is 1.30 bits per heavy atom. The van der Waals surface area contributed by atoms with Gasteiger partial charge in [0, 0.05) is 56.4 Å². The zero-order valence-corrected chi connectivity index (χ0v) is 32.8. The van der Waals surface area contributed by atoms with Gasteiger partial charge >= 0.3 is 0 Å². The molecule has 0 radical (unpaired) electrons. The lowest BCUT2D eigenvalue weighted by Crippen LogP contribution is -2.35. The maximum atomic E-state index is 12.9. The second-order valence-corrected chi connectivity index (χ2v) is 13.1. The number of ether oxygens (including phenoxy) is 5. The third-order valence-electron chi connectivity index (χ3n) is 7.87. The van der Waals surface area contributed by atoms with Crippen molar-refractivity contribution in [1.29, 1.82) is 0 Å². The van der Waals surface area contributed by atoms with E-state index in [0.29, 0.717) is 90.0 Å². The number of anilines is 1. The highest BCUT2D eigenvalue weighted by atomic mass is 35.5. The molecule has 2 aromatic rings. The van der Waals surface area contributed by atoms with E-state index in [1.54, 1.807) is 12.1 Å². The van der Waals surface area contributed by atoms with Gasteiger partial charge in [0.1, 0.15) is 5.75 Å². The number of hydrogen-bond acceptors (Lipinski definition) is 11. The third-order valence-corrected chi connectivity index (χ3v) is 8.47. The molecule has 1 aliphatic heterocycles. The predicted molar refractivity (Wildman–Crippen MR) is 208 cm³/mol. The van der Waals surface area contributed by atoms with Crippen LogP contribution < -0.4 is 26.0 Å². The van der Waals surface area contributed by atoms with Crippen molar-refractivity contribution < 1.29 is 52.5 Å². The molecule has 1 aliphatic rings. The second kappa shape index (κ2) is 26.3. The van der Waals surface area contributed by atoms with E-state index in [2.05, 4.69) is 21.3 Å². The minimum absolute atomic E-state index is 0.0293. The number of carbonyl (C=O) groups excluding carboxylic acids is 6. The number of imide groups is 1. The number of nitrogens with zero attached hydrogens (tertiary/aromatic N) is 1. The van der Waals surface area contributed by atoms with Crippen LogP contribution in [0.1, 0.15) is 42.1 Å². The first-order chi connectivity index (χ1) is 27.1. The fourth-order valence-corrected chi connectivity index (χ4v) is 5.72. The van der Waals surface area contributed by atoms with Crippen LogP contribution in [-0.2, 0) is 49.3 Å². The second-order valence-electron chi connectivity index (χ2n) is 12.3. The van der Waals surface area contributed by atoms with Gasteiger partial charge in [-0.25, -0.2) is 0 Å². The Hall–Kier alpha value is -4.58. The number of nitrogens with one attached hydrogen (secondary N) is 4. The number of hydrogen-bond donors (Lipinski definition) is 4. The molecule has 306 valence electrons. The van der Waals surface area contributed by atoms with E-state index >= 15 is 0 Å². The molecule has 0 aromatic heterocycles.